The number of rotatable bonds is 3. The maximum atomic E-state index is 12.4. The standard InChI is InChI=1S/C18H23N3O/c1-12-6-7-15(13(2)10-12)20-17(22)16-11-14(8-9-19-16)21-18(3,4)5/h6-11H,1-5H3,(H,19,21)(H,20,22). The van der Waals surface area contributed by atoms with E-state index in [-0.39, 0.29) is 11.4 Å². The summed E-state index contributed by atoms with van der Waals surface area (Å²) in [6.45, 7) is 10.2. The summed E-state index contributed by atoms with van der Waals surface area (Å²) in [5.41, 5.74) is 4.24. The van der Waals surface area contributed by atoms with Crippen molar-refractivity contribution in [2.45, 2.75) is 40.2 Å². The molecule has 2 N–H and O–H groups in total. The fraction of sp³-hybridized carbons (Fsp3) is 0.333. The first kappa shape index (κ1) is 16.0. The van der Waals surface area contributed by atoms with E-state index in [2.05, 4.69) is 36.4 Å². The van der Waals surface area contributed by atoms with Crippen LogP contribution >= 0.6 is 0 Å². The van der Waals surface area contributed by atoms with E-state index in [9.17, 15) is 4.79 Å². The first-order chi connectivity index (χ1) is 10.2. The lowest BCUT2D eigenvalue weighted by Gasteiger charge is -2.22. The molecule has 1 amide bonds. The molecule has 0 fully saturated rings. The number of hydrogen-bond donors (Lipinski definition) is 2. The summed E-state index contributed by atoms with van der Waals surface area (Å²) < 4.78 is 0. The van der Waals surface area contributed by atoms with Crippen molar-refractivity contribution >= 4 is 17.3 Å². The highest BCUT2D eigenvalue weighted by atomic mass is 16.1. The first-order valence-corrected chi connectivity index (χ1v) is 7.37. The van der Waals surface area contributed by atoms with Gasteiger partial charge in [0.05, 0.1) is 0 Å². The van der Waals surface area contributed by atoms with Gasteiger partial charge in [-0.05, 0) is 58.4 Å². The monoisotopic (exact) mass is 297 g/mol. The van der Waals surface area contributed by atoms with Crippen LogP contribution in [0.15, 0.2) is 36.5 Å². The molecule has 0 aliphatic heterocycles. The van der Waals surface area contributed by atoms with Gasteiger partial charge >= 0.3 is 0 Å². The highest BCUT2D eigenvalue weighted by Crippen LogP contribution is 2.18. The minimum absolute atomic E-state index is 0.0668. The Morgan fingerprint density at radius 2 is 1.82 bits per heavy atom. The molecular formula is C18H23N3O. The number of benzene rings is 1. The van der Waals surface area contributed by atoms with Crippen molar-refractivity contribution in [1.29, 1.82) is 0 Å². The lowest BCUT2D eigenvalue weighted by molar-refractivity contribution is 0.102. The maximum absolute atomic E-state index is 12.4. The second-order valence-electron chi connectivity index (χ2n) is 6.58. The fourth-order valence-electron chi connectivity index (χ4n) is 2.21. The number of carbonyl (C=O) groups excluding carboxylic acids is 1. The Kier molecular flexibility index (Phi) is 4.50. The Hall–Kier alpha value is -2.36. The third kappa shape index (κ3) is 4.32. The predicted molar refractivity (Wildman–Crippen MR) is 91.5 cm³/mol. The molecule has 0 radical (unpaired) electrons. The van der Waals surface area contributed by atoms with E-state index in [4.69, 9.17) is 0 Å². The maximum Gasteiger partial charge on any atom is 0.274 e. The molecule has 0 saturated heterocycles. The smallest absolute Gasteiger partial charge is 0.274 e. The zero-order valence-electron chi connectivity index (χ0n) is 13.8. The number of carbonyl (C=O) groups is 1. The summed E-state index contributed by atoms with van der Waals surface area (Å²) in [4.78, 5) is 16.5. The van der Waals surface area contributed by atoms with E-state index in [0.717, 1.165) is 16.9 Å². The molecule has 0 spiro atoms. The zero-order valence-corrected chi connectivity index (χ0v) is 13.8. The molecule has 0 bridgehead atoms. The molecule has 4 heteroatoms. The molecule has 2 aromatic rings. The molecule has 116 valence electrons. The average molecular weight is 297 g/mol. The zero-order chi connectivity index (χ0) is 16.3. The molecule has 0 unspecified atom stereocenters. The van der Waals surface area contributed by atoms with Crippen LogP contribution in [0.4, 0.5) is 11.4 Å². The van der Waals surface area contributed by atoms with Gasteiger partial charge in [0.15, 0.2) is 0 Å². The molecule has 0 aliphatic rings. The molecule has 22 heavy (non-hydrogen) atoms. The largest absolute Gasteiger partial charge is 0.380 e. The van der Waals surface area contributed by atoms with Crippen LogP contribution in [0.1, 0.15) is 42.4 Å². The number of pyridine rings is 1. The van der Waals surface area contributed by atoms with Crippen LogP contribution in [0.3, 0.4) is 0 Å². The molecule has 0 aliphatic carbocycles. The SMILES string of the molecule is Cc1ccc(NC(=O)c2cc(NC(C)(C)C)ccn2)c(C)c1. The van der Waals surface area contributed by atoms with Crippen LogP contribution < -0.4 is 10.6 Å². The third-order valence-corrected chi connectivity index (χ3v) is 3.14. The van der Waals surface area contributed by atoms with E-state index in [1.807, 2.05) is 38.1 Å². The molecule has 2 rings (SSSR count). The summed E-state index contributed by atoms with van der Waals surface area (Å²) in [7, 11) is 0. The summed E-state index contributed by atoms with van der Waals surface area (Å²) in [6.07, 6.45) is 1.64. The minimum atomic E-state index is -0.204. The molecule has 1 aromatic carbocycles. The van der Waals surface area contributed by atoms with E-state index in [1.54, 1.807) is 12.3 Å². The third-order valence-electron chi connectivity index (χ3n) is 3.14. The summed E-state index contributed by atoms with van der Waals surface area (Å²) in [5, 5.41) is 6.25. The number of amides is 1. The summed E-state index contributed by atoms with van der Waals surface area (Å²) in [5.74, 6) is -0.204. The molecular weight excluding hydrogens is 274 g/mol. The lowest BCUT2D eigenvalue weighted by atomic mass is 10.1. The fourth-order valence-corrected chi connectivity index (χ4v) is 2.21. The quantitative estimate of drug-likeness (QED) is 0.894. The van der Waals surface area contributed by atoms with Gasteiger partial charge in [-0.25, -0.2) is 0 Å². The van der Waals surface area contributed by atoms with Gasteiger partial charge in [0.25, 0.3) is 5.91 Å². The Morgan fingerprint density at radius 1 is 1.09 bits per heavy atom. The van der Waals surface area contributed by atoms with Gasteiger partial charge < -0.3 is 10.6 Å². The van der Waals surface area contributed by atoms with Gasteiger partial charge in [0.1, 0.15) is 5.69 Å². The Morgan fingerprint density at radius 3 is 2.45 bits per heavy atom. The Balaban J connectivity index is 2.17. The predicted octanol–water partition coefficient (Wildman–Crippen LogP) is 4.16. The average Bonchev–Trinajstić information content (AvgIpc) is 2.40. The highest BCUT2D eigenvalue weighted by Gasteiger charge is 2.13. The molecule has 1 aromatic heterocycles. The number of aryl methyl sites for hydroxylation is 2. The number of hydrogen-bond acceptors (Lipinski definition) is 3. The van der Waals surface area contributed by atoms with Crippen molar-refractivity contribution in [2.75, 3.05) is 10.6 Å². The number of nitrogens with one attached hydrogen (secondary N) is 2. The highest BCUT2D eigenvalue weighted by molar-refractivity contribution is 6.03. The minimum Gasteiger partial charge on any atom is -0.380 e. The lowest BCUT2D eigenvalue weighted by Crippen LogP contribution is -2.26. The van der Waals surface area contributed by atoms with Crippen molar-refractivity contribution < 1.29 is 4.79 Å². The van der Waals surface area contributed by atoms with Crippen molar-refractivity contribution in [3.63, 3.8) is 0 Å². The van der Waals surface area contributed by atoms with E-state index < -0.39 is 0 Å². The van der Waals surface area contributed by atoms with E-state index >= 15 is 0 Å². The van der Waals surface area contributed by atoms with Gasteiger partial charge in [0.2, 0.25) is 0 Å². The number of anilines is 2. The first-order valence-electron chi connectivity index (χ1n) is 7.37. The van der Waals surface area contributed by atoms with E-state index in [1.165, 1.54) is 5.56 Å². The van der Waals surface area contributed by atoms with Crippen LogP contribution in [-0.2, 0) is 0 Å². The van der Waals surface area contributed by atoms with Crippen LogP contribution in [0.5, 0.6) is 0 Å². The van der Waals surface area contributed by atoms with Crippen molar-refractivity contribution in [3.05, 3.63) is 53.3 Å². The summed E-state index contributed by atoms with van der Waals surface area (Å²) in [6, 6.07) is 9.57. The van der Waals surface area contributed by atoms with Gasteiger partial charge in [-0.1, -0.05) is 17.7 Å². The second-order valence-corrected chi connectivity index (χ2v) is 6.58. The number of nitrogens with zero attached hydrogens (tertiary/aromatic N) is 1. The van der Waals surface area contributed by atoms with Crippen LogP contribution in [0, 0.1) is 13.8 Å². The second kappa shape index (κ2) is 6.18. The number of aromatic nitrogens is 1. The molecule has 0 saturated carbocycles. The van der Waals surface area contributed by atoms with Crippen molar-refractivity contribution in [1.82, 2.24) is 4.98 Å². The van der Waals surface area contributed by atoms with Crippen molar-refractivity contribution in [2.24, 2.45) is 0 Å². The summed E-state index contributed by atoms with van der Waals surface area (Å²) >= 11 is 0. The normalized spacial score (nSPS) is 11.1. The molecule has 4 nitrogen and oxygen atoms in total. The van der Waals surface area contributed by atoms with Crippen LogP contribution in [-0.4, -0.2) is 16.4 Å². The Labute approximate surface area is 132 Å². The van der Waals surface area contributed by atoms with Gasteiger partial charge in [-0.3, -0.25) is 9.78 Å². The molecule has 0 atom stereocenters. The molecule has 1 heterocycles. The van der Waals surface area contributed by atoms with Gasteiger partial charge in [0, 0.05) is 23.1 Å². The van der Waals surface area contributed by atoms with Crippen LogP contribution in [0.2, 0.25) is 0 Å². The topological polar surface area (TPSA) is 54.0 Å². The van der Waals surface area contributed by atoms with E-state index in [0.29, 0.717) is 5.69 Å². The van der Waals surface area contributed by atoms with Crippen LogP contribution in [0.25, 0.3) is 0 Å². The Bertz CT molecular complexity index is 687. The van der Waals surface area contributed by atoms with Crippen molar-refractivity contribution in [3.8, 4) is 0 Å². The van der Waals surface area contributed by atoms with Gasteiger partial charge in [-0.15, -0.1) is 0 Å². The van der Waals surface area contributed by atoms with Gasteiger partial charge in [-0.2, -0.15) is 0 Å².